The second-order valence-electron chi connectivity index (χ2n) is 24.8. The topological polar surface area (TPSA) is 518 Å². The third kappa shape index (κ3) is 25.2. The molecule has 12 atom stereocenters. The Labute approximate surface area is 578 Å². The number of amides is 13. The van der Waals surface area contributed by atoms with E-state index in [2.05, 4.69) is 101 Å². The number of H-pyrrole nitrogens is 1. The molecule has 36 heteroatoms. The molecule has 1 aromatic carbocycles. The SMILES string of the molecule is CC(C)C[C@H](NC(=O)[C@H](C)NC(=O)[C@H](CC(C)C)NC(=O)[C@@H]1CCCN1C(=O)[C@H](CS)NC(=O)[C@@H]1CCCN1C(=O)[C@H](CCCN=C(N)N)NC(=O)[C@H](C)NC(=O)[C@H](Cc1c[nH]c2ccccc12)NC(=O)[C@H](CS)NC(=O)CN)C(=O)N[C@@H](CS)C(=O)N[C@@H](CCC(N)=O)C(=O)O. The van der Waals surface area contributed by atoms with E-state index in [0.29, 0.717) is 18.4 Å². The van der Waals surface area contributed by atoms with Crippen molar-refractivity contribution in [2.75, 3.05) is 43.4 Å². The molecule has 2 saturated heterocycles. The number of carboxylic acid groups (broad SMARTS) is 1. The monoisotopic (exact) mass is 1420 g/mol. The number of rotatable bonds is 39. The zero-order chi connectivity index (χ0) is 72.4. The van der Waals surface area contributed by atoms with Gasteiger partial charge in [0.2, 0.25) is 76.8 Å². The second kappa shape index (κ2) is 39.7. The van der Waals surface area contributed by atoms with Gasteiger partial charge in [-0.1, -0.05) is 45.9 Å². The second-order valence-corrected chi connectivity index (χ2v) is 25.9. The number of nitrogens with zero attached hydrogens (tertiary/aromatic N) is 3. The number of aliphatic carboxylic acids is 1. The van der Waals surface area contributed by atoms with Crippen LogP contribution in [0.5, 0.6) is 0 Å². The highest BCUT2D eigenvalue weighted by molar-refractivity contribution is 7.80. The molecule has 0 radical (unpaired) electrons. The van der Waals surface area contributed by atoms with Gasteiger partial charge in [-0.05, 0) is 95.1 Å². The highest BCUT2D eigenvalue weighted by Crippen LogP contribution is 2.24. The van der Waals surface area contributed by atoms with Crippen molar-refractivity contribution in [3.8, 4) is 0 Å². The molecule has 3 heterocycles. The molecule has 2 aliphatic heterocycles. The number of fused-ring (bicyclic) bond motifs is 1. The Hall–Kier alpha value is -8.38. The van der Waals surface area contributed by atoms with Crippen LogP contribution in [-0.4, -0.2) is 225 Å². The number of para-hydroxylation sites is 1. The van der Waals surface area contributed by atoms with Gasteiger partial charge in [0.25, 0.3) is 0 Å². The number of benzene rings is 1. The summed E-state index contributed by atoms with van der Waals surface area (Å²) in [5.41, 5.74) is 23.1. The first-order valence-corrected chi connectivity index (χ1v) is 34.0. The fourth-order valence-corrected chi connectivity index (χ4v) is 11.7. The largest absolute Gasteiger partial charge is 0.480 e. The highest BCUT2D eigenvalue weighted by atomic mass is 32.1. The molecular weight excluding hydrogens is 1320 g/mol. The van der Waals surface area contributed by atoms with Crippen molar-refractivity contribution >= 4 is 138 Å². The summed E-state index contributed by atoms with van der Waals surface area (Å²) in [7, 11) is 0. The Balaban J connectivity index is 1.45. The molecule has 0 aliphatic carbocycles. The fourth-order valence-electron chi connectivity index (χ4n) is 11.0. The normalized spacial score (nSPS) is 17.5. The van der Waals surface area contributed by atoms with E-state index >= 15 is 0 Å². The van der Waals surface area contributed by atoms with Crippen molar-refractivity contribution in [3.05, 3.63) is 36.0 Å². The van der Waals surface area contributed by atoms with Crippen molar-refractivity contribution < 1.29 is 72.2 Å². The molecule has 2 fully saturated rings. The molecule has 2 aromatic rings. The molecule has 4 rings (SSSR count). The van der Waals surface area contributed by atoms with E-state index in [-0.39, 0.29) is 112 Å². The number of thiol groups is 3. The maximum atomic E-state index is 14.6. The summed E-state index contributed by atoms with van der Waals surface area (Å²) < 4.78 is 0. The lowest BCUT2D eigenvalue weighted by Crippen LogP contribution is -2.60. The summed E-state index contributed by atoms with van der Waals surface area (Å²) in [4.78, 5) is 199. The van der Waals surface area contributed by atoms with E-state index in [0.717, 1.165) is 10.9 Å². The van der Waals surface area contributed by atoms with E-state index in [1.165, 1.54) is 23.6 Å². The van der Waals surface area contributed by atoms with Crippen LogP contribution in [0.15, 0.2) is 35.5 Å². The number of guanidine groups is 1. The van der Waals surface area contributed by atoms with Crippen LogP contribution < -0.4 is 76.1 Å². The van der Waals surface area contributed by atoms with Gasteiger partial charge >= 0.3 is 5.97 Å². The number of primary amides is 1. The van der Waals surface area contributed by atoms with Gasteiger partial charge < -0.3 is 96.0 Å². The number of likely N-dealkylation sites (tertiary alicyclic amines) is 2. The maximum absolute atomic E-state index is 14.6. The van der Waals surface area contributed by atoms with Crippen molar-refractivity contribution in [2.24, 2.45) is 39.8 Å². The molecule has 20 N–H and O–H groups in total. The van der Waals surface area contributed by atoms with Gasteiger partial charge in [-0.15, -0.1) is 0 Å². The van der Waals surface area contributed by atoms with E-state index in [1.807, 2.05) is 18.2 Å². The van der Waals surface area contributed by atoms with Crippen LogP contribution in [0.4, 0.5) is 0 Å². The Morgan fingerprint density at radius 2 is 1.00 bits per heavy atom. The molecule has 2 aliphatic rings. The molecule has 1 aromatic heterocycles. The van der Waals surface area contributed by atoms with Crippen LogP contribution in [0.25, 0.3) is 10.9 Å². The van der Waals surface area contributed by atoms with Crippen molar-refractivity contribution in [2.45, 2.75) is 185 Å². The average Bonchev–Trinajstić information content (AvgIpc) is 1.74. The van der Waals surface area contributed by atoms with Gasteiger partial charge in [-0.3, -0.25) is 67.3 Å². The van der Waals surface area contributed by atoms with Crippen molar-refractivity contribution in [3.63, 3.8) is 0 Å². The first kappa shape index (κ1) is 81.1. The number of carbonyl (C=O) groups is 14. The zero-order valence-corrected chi connectivity index (χ0v) is 58.0. The van der Waals surface area contributed by atoms with E-state index in [1.54, 1.807) is 40.0 Å². The summed E-state index contributed by atoms with van der Waals surface area (Å²) in [6.45, 7) is 9.64. The number of aliphatic imine (C=N–C) groups is 1. The number of nitrogens with one attached hydrogen (secondary N) is 11. The quantitative estimate of drug-likeness (QED) is 0.0131. The minimum atomic E-state index is -1.51. The third-order valence-electron chi connectivity index (χ3n) is 16.1. The lowest BCUT2D eigenvalue weighted by atomic mass is 10.0. The smallest absolute Gasteiger partial charge is 0.326 e. The number of hydrogen-bond donors (Lipinski definition) is 19. The molecule has 0 bridgehead atoms. The minimum absolute atomic E-state index is 0.0400. The summed E-state index contributed by atoms with van der Waals surface area (Å²) in [6, 6.07) is -8.11. The van der Waals surface area contributed by atoms with Crippen LogP contribution in [-0.2, 0) is 73.5 Å². The van der Waals surface area contributed by atoms with Crippen LogP contribution in [0.1, 0.15) is 111 Å². The lowest BCUT2D eigenvalue weighted by molar-refractivity contribution is -0.144. The molecule has 538 valence electrons. The number of hydrogen-bond acceptors (Lipinski definition) is 19. The predicted molar refractivity (Wildman–Crippen MR) is 368 cm³/mol. The molecule has 0 unspecified atom stereocenters. The number of aromatic nitrogens is 1. The molecule has 0 saturated carbocycles. The number of aromatic amines is 1. The Morgan fingerprint density at radius 1 is 0.557 bits per heavy atom. The average molecular weight is 1420 g/mol. The van der Waals surface area contributed by atoms with E-state index in [4.69, 9.17) is 22.9 Å². The highest BCUT2D eigenvalue weighted by Gasteiger charge is 2.43. The first-order valence-electron chi connectivity index (χ1n) is 32.1. The third-order valence-corrected chi connectivity index (χ3v) is 17.2. The van der Waals surface area contributed by atoms with Crippen LogP contribution in [0.2, 0.25) is 0 Å². The summed E-state index contributed by atoms with van der Waals surface area (Å²) in [5.74, 6) is -12.6. The van der Waals surface area contributed by atoms with E-state index < -0.39 is 162 Å². The zero-order valence-electron chi connectivity index (χ0n) is 55.4. The van der Waals surface area contributed by atoms with Gasteiger partial charge in [0.05, 0.1) is 6.54 Å². The van der Waals surface area contributed by atoms with Gasteiger partial charge in [0.15, 0.2) is 5.96 Å². The lowest BCUT2D eigenvalue weighted by Gasteiger charge is -2.32. The molecule has 33 nitrogen and oxygen atoms in total. The van der Waals surface area contributed by atoms with E-state index in [9.17, 15) is 72.2 Å². The first-order chi connectivity index (χ1) is 45.8. The summed E-state index contributed by atoms with van der Waals surface area (Å²) in [5, 5.41) is 36.1. The Bertz CT molecular complexity index is 3170. The Morgan fingerprint density at radius 3 is 1.51 bits per heavy atom. The van der Waals surface area contributed by atoms with Gasteiger partial charge in [-0.25, -0.2) is 4.79 Å². The summed E-state index contributed by atoms with van der Waals surface area (Å²) in [6.07, 6.45) is 2.26. The minimum Gasteiger partial charge on any atom is -0.480 e. The number of carbonyl (C=O) groups excluding carboxylic acids is 13. The fraction of sp³-hybridized carbons (Fsp3) is 0.623. The van der Waals surface area contributed by atoms with Gasteiger partial charge in [0.1, 0.15) is 72.5 Å². The number of nitrogens with two attached hydrogens (primary N) is 4. The maximum Gasteiger partial charge on any atom is 0.326 e. The van der Waals surface area contributed by atoms with Gasteiger partial charge in [-0.2, -0.15) is 37.9 Å². The Kier molecular flexibility index (Phi) is 33.2. The van der Waals surface area contributed by atoms with Crippen LogP contribution in [0, 0.1) is 11.8 Å². The standard InChI is InChI=1S/C61H96N18O15S3/c1-30(2)22-39(51(84)68-33(6)50(83)73-40(23-31(3)4)53(86)76-43(28-96)55(88)72-38(60(93)94)17-18-47(63)80)75-56(89)45-15-11-21-79(45)59(92)44(29-97)77-57(90)46-16-10-20-78(46)58(91)37(14-9-19-66-61(64)65)71-49(82)32(5)69-52(85)41(74-54(87)42(27-95)70-48(81)25-62)24-34-26-67-36-13-8-7-12-35(34)36/h7-8,12-13,26,30-33,37-46,67,95-97H,9-11,14-25,27-29,62H2,1-6H3,(H2,63,80)(H,68,84)(H,69,85)(H,70,81)(H,71,82)(H,72,88)(H,73,83)(H,74,87)(H,75,89)(H,76,86)(H,77,90)(H,93,94)(H4,64,65,66)/t32-,33-,37-,38-,39-,40-,41-,42-,43-,44-,45-,46-/m0/s1. The van der Waals surface area contributed by atoms with Crippen molar-refractivity contribution in [1.29, 1.82) is 0 Å². The molecule has 13 amide bonds. The van der Waals surface area contributed by atoms with Gasteiger partial charge in [0, 0.05) is 66.8 Å². The number of carboxylic acids is 1. The molecule has 97 heavy (non-hydrogen) atoms. The van der Waals surface area contributed by atoms with Crippen LogP contribution in [0.3, 0.4) is 0 Å². The molecule has 0 spiro atoms. The summed E-state index contributed by atoms with van der Waals surface area (Å²) >= 11 is 12.7. The predicted octanol–water partition coefficient (Wildman–Crippen LogP) is -4.18. The van der Waals surface area contributed by atoms with Crippen molar-refractivity contribution in [1.82, 2.24) is 68.0 Å². The molecular formula is C61H96N18O15S3. The van der Waals surface area contributed by atoms with Crippen LogP contribution >= 0.6 is 37.9 Å².